The molecule has 6 atom stereocenters. The molecule has 0 aromatic carbocycles. The summed E-state index contributed by atoms with van der Waals surface area (Å²) in [6, 6.07) is -1.11. The number of amides is 3. The number of carboxylic acids is 1. The van der Waals surface area contributed by atoms with Gasteiger partial charge in [-0.15, -0.1) is 0 Å². The van der Waals surface area contributed by atoms with Gasteiger partial charge in [0.25, 0.3) is 5.91 Å². The second-order valence-corrected chi connectivity index (χ2v) is 4.67. The lowest BCUT2D eigenvalue weighted by molar-refractivity contribution is -0.253. The Morgan fingerprint density at radius 1 is 1.24 bits per heavy atom. The number of rotatable bonds is 2. The molecule has 3 amide bonds. The Bertz CT molecular complexity index is 474. The molecule has 5 N–H and O–H groups in total. The van der Waals surface area contributed by atoms with Crippen LogP contribution in [0.4, 0.5) is 9.18 Å². The highest BCUT2D eigenvalue weighted by atomic mass is 19.1. The summed E-state index contributed by atoms with van der Waals surface area (Å²) >= 11 is 0. The fourth-order valence-corrected chi connectivity index (χ4v) is 2.14. The van der Waals surface area contributed by atoms with Crippen molar-refractivity contribution >= 4 is 17.9 Å². The van der Waals surface area contributed by atoms with E-state index < -0.39 is 61.3 Å². The highest BCUT2D eigenvalue weighted by Gasteiger charge is 2.51. The first kappa shape index (κ1) is 15.6. The van der Waals surface area contributed by atoms with Crippen LogP contribution >= 0.6 is 0 Å². The molecule has 0 aromatic heterocycles. The molecule has 0 spiro atoms. The molecule has 0 radical (unpaired) electrons. The molecule has 2 aliphatic heterocycles. The van der Waals surface area contributed by atoms with Crippen molar-refractivity contribution in [2.75, 3.05) is 6.54 Å². The minimum atomic E-state index is -2.09. The first-order valence-electron chi connectivity index (χ1n) is 5.92. The highest BCUT2D eigenvalue weighted by molar-refractivity contribution is 5.99. The van der Waals surface area contributed by atoms with Crippen molar-refractivity contribution in [3.8, 4) is 0 Å². The maximum atomic E-state index is 13.3. The van der Waals surface area contributed by atoms with Crippen LogP contribution in [-0.4, -0.2) is 86.6 Å². The van der Waals surface area contributed by atoms with E-state index in [0.29, 0.717) is 4.90 Å². The number of hydrogen-bond acceptors (Lipinski definition) is 7. The average Bonchev–Trinajstić information content (AvgIpc) is 2.41. The topological polar surface area (TPSA) is 157 Å². The number of aliphatic hydroxyl groups excluding tert-OH is 3. The summed E-state index contributed by atoms with van der Waals surface area (Å²) in [7, 11) is 0. The van der Waals surface area contributed by atoms with Crippen molar-refractivity contribution in [1.29, 1.82) is 0 Å². The monoisotopic (exact) mass is 308 g/mol. The Kier molecular flexibility index (Phi) is 4.09. The summed E-state index contributed by atoms with van der Waals surface area (Å²) in [5, 5.41) is 39.4. The maximum Gasteiger partial charge on any atom is 0.335 e. The molecule has 118 valence electrons. The van der Waals surface area contributed by atoms with Crippen LogP contribution in [-0.2, 0) is 14.3 Å². The molecule has 0 aliphatic carbocycles. The molecule has 0 aromatic rings. The van der Waals surface area contributed by atoms with Gasteiger partial charge in [0, 0.05) is 0 Å². The average molecular weight is 308 g/mol. The molecule has 2 saturated heterocycles. The smallest absolute Gasteiger partial charge is 0.335 e. The lowest BCUT2D eigenvalue weighted by atomic mass is 9.97. The van der Waals surface area contributed by atoms with E-state index in [-0.39, 0.29) is 0 Å². The number of ether oxygens (including phenoxy) is 1. The lowest BCUT2D eigenvalue weighted by Gasteiger charge is -2.44. The fraction of sp³-hybridized carbons (Fsp3) is 0.700. The molecular weight excluding hydrogens is 295 g/mol. The van der Waals surface area contributed by atoms with Gasteiger partial charge in [-0.2, -0.15) is 0 Å². The van der Waals surface area contributed by atoms with Crippen LogP contribution in [0.1, 0.15) is 0 Å². The molecule has 0 bridgehead atoms. The number of carbonyl (C=O) groups is 3. The van der Waals surface area contributed by atoms with Crippen molar-refractivity contribution in [3.63, 3.8) is 0 Å². The quantitative estimate of drug-likeness (QED) is 0.356. The van der Waals surface area contributed by atoms with E-state index in [1.54, 1.807) is 5.32 Å². The molecule has 0 saturated carbocycles. The number of nitrogens with zero attached hydrogens (tertiary/aromatic N) is 1. The molecule has 10 nitrogen and oxygen atoms in total. The molecule has 2 aliphatic rings. The summed E-state index contributed by atoms with van der Waals surface area (Å²) in [6.07, 6.45) is -11.5. The number of carboxylic acid groups (broad SMARTS) is 1. The van der Waals surface area contributed by atoms with E-state index >= 15 is 0 Å². The number of nitrogens with one attached hydrogen (secondary N) is 1. The van der Waals surface area contributed by atoms with Gasteiger partial charge in [-0.1, -0.05) is 0 Å². The van der Waals surface area contributed by atoms with Crippen LogP contribution in [0.5, 0.6) is 0 Å². The third kappa shape index (κ3) is 2.68. The van der Waals surface area contributed by atoms with Gasteiger partial charge in [-0.3, -0.25) is 15.0 Å². The van der Waals surface area contributed by atoms with E-state index in [2.05, 4.69) is 0 Å². The van der Waals surface area contributed by atoms with E-state index in [9.17, 15) is 34.1 Å². The van der Waals surface area contributed by atoms with E-state index in [1.807, 2.05) is 0 Å². The largest absolute Gasteiger partial charge is 0.479 e. The molecule has 11 heteroatoms. The van der Waals surface area contributed by atoms with Crippen LogP contribution in [0.25, 0.3) is 0 Å². The number of imide groups is 1. The van der Waals surface area contributed by atoms with Gasteiger partial charge >= 0.3 is 12.0 Å². The van der Waals surface area contributed by atoms with Crippen LogP contribution in [0.15, 0.2) is 0 Å². The van der Waals surface area contributed by atoms with Crippen LogP contribution < -0.4 is 5.32 Å². The van der Waals surface area contributed by atoms with Crippen molar-refractivity contribution in [1.82, 2.24) is 10.2 Å². The molecular formula is C10H13FN2O8. The zero-order chi connectivity index (χ0) is 15.9. The normalized spacial score (nSPS) is 40.9. The third-order valence-electron chi connectivity index (χ3n) is 3.27. The summed E-state index contributed by atoms with van der Waals surface area (Å²) in [5.41, 5.74) is 0. The molecule has 2 fully saturated rings. The second kappa shape index (κ2) is 5.52. The highest BCUT2D eigenvalue weighted by Crippen LogP contribution is 2.25. The summed E-state index contributed by atoms with van der Waals surface area (Å²) < 4.78 is 18.2. The zero-order valence-electron chi connectivity index (χ0n) is 10.4. The number of aliphatic hydroxyl groups is 3. The Morgan fingerprint density at radius 3 is 2.43 bits per heavy atom. The Morgan fingerprint density at radius 2 is 1.86 bits per heavy atom. The number of halogens is 1. The molecule has 21 heavy (non-hydrogen) atoms. The van der Waals surface area contributed by atoms with Crippen molar-refractivity contribution in [3.05, 3.63) is 0 Å². The molecule has 2 rings (SSSR count). The first-order chi connectivity index (χ1) is 9.73. The van der Waals surface area contributed by atoms with Gasteiger partial charge in [0.05, 0.1) is 6.54 Å². The predicted molar refractivity (Wildman–Crippen MR) is 59.5 cm³/mol. The Labute approximate surface area is 116 Å². The third-order valence-corrected chi connectivity index (χ3v) is 3.27. The minimum Gasteiger partial charge on any atom is -0.479 e. The molecule has 2 heterocycles. The number of aliphatic carboxylic acids is 1. The Balaban J connectivity index is 2.23. The maximum absolute atomic E-state index is 13.3. The minimum absolute atomic E-state index is 0.543. The predicted octanol–water partition coefficient (Wildman–Crippen LogP) is -3.23. The number of carbonyl (C=O) groups excluding carboxylic acids is 2. The summed E-state index contributed by atoms with van der Waals surface area (Å²) in [6.45, 7) is -0.776. The van der Waals surface area contributed by atoms with Gasteiger partial charge in [0.1, 0.15) is 18.3 Å². The zero-order valence-corrected chi connectivity index (χ0v) is 10.4. The standard InChI is InChI=1S/C10H13FN2O8/c11-2-1-13(10(20)12-7(2)17)8-5(16)3(14)4(15)6(21-8)9(18)19/h2-6,8,14-16H,1H2,(H,18,19)(H,12,17,20). The molecule has 6 unspecified atom stereocenters. The van der Waals surface area contributed by atoms with Crippen LogP contribution in [0, 0.1) is 0 Å². The fourth-order valence-electron chi connectivity index (χ4n) is 2.14. The van der Waals surface area contributed by atoms with Crippen LogP contribution in [0.2, 0.25) is 0 Å². The lowest BCUT2D eigenvalue weighted by Crippen LogP contribution is -2.68. The van der Waals surface area contributed by atoms with Gasteiger partial charge in [-0.05, 0) is 0 Å². The van der Waals surface area contributed by atoms with Gasteiger partial charge in [0.15, 0.2) is 18.5 Å². The Hall–Kier alpha value is -1.82. The van der Waals surface area contributed by atoms with E-state index in [1.165, 1.54) is 0 Å². The number of alkyl halides is 1. The van der Waals surface area contributed by atoms with E-state index in [4.69, 9.17) is 9.84 Å². The first-order valence-corrected chi connectivity index (χ1v) is 5.92. The van der Waals surface area contributed by atoms with Gasteiger partial charge in [0.2, 0.25) is 0 Å². The second-order valence-electron chi connectivity index (χ2n) is 4.67. The van der Waals surface area contributed by atoms with E-state index in [0.717, 1.165) is 0 Å². The van der Waals surface area contributed by atoms with Crippen molar-refractivity contribution < 1.29 is 43.9 Å². The van der Waals surface area contributed by atoms with Crippen molar-refractivity contribution in [2.24, 2.45) is 0 Å². The number of hydrogen-bond donors (Lipinski definition) is 5. The van der Waals surface area contributed by atoms with Crippen molar-refractivity contribution in [2.45, 2.75) is 36.8 Å². The van der Waals surface area contributed by atoms with Crippen LogP contribution in [0.3, 0.4) is 0 Å². The van der Waals surface area contributed by atoms with Gasteiger partial charge < -0.3 is 25.2 Å². The SMILES string of the molecule is O=C1NC(=O)N(C2OC(C(=O)O)C(O)C(O)C2O)CC1F. The number of urea groups is 1. The summed E-state index contributed by atoms with van der Waals surface area (Å²) in [4.78, 5) is 34.0. The summed E-state index contributed by atoms with van der Waals surface area (Å²) in [5.74, 6) is -2.80. The van der Waals surface area contributed by atoms with Gasteiger partial charge in [-0.25, -0.2) is 14.0 Å².